The highest BCUT2D eigenvalue weighted by Crippen LogP contribution is 2.14. The summed E-state index contributed by atoms with van der Waals surface area (Å²) in [6.07, 6.45) is 0. The van der Waals surface area contributed by atoms with Gasteiger partial charge in [0.25, 0.3) is 5.91 Å². The maximum Gasteiger partial charge on any atom is 0.251 e. The lowest BCUT2D eigenvalue weighted by Gasteiger charge is -2.08. The fraction of sp³-hybridized carbons (Fsp3) is 0.125. The van der Waals surface area contributed by atoms with Crippen LogP contribution in [0.1, 0.15) is 10.4 Å². The van der Waals surface area contributed by atoms with Crippen molar-refractivity contribution in [3.05, 3.63) is 59.7 Å². The molecule has 2 aromatic carbocycles. The van der Waals surface area contributed by atoms with Crippen molar-refractivity contribution in [2.45, 2.75) is 0 Å². The smallest absolute Gasteiger partial charge is 0.251 e. The van der Waals surface area contributed by atoms with Gasteiger partial charge in [-0.15, -0.1) is 0 Å². The van der Waals surface area contributed by atoms with Crippen molar-refractivity contribution < 1.29 is 23.1 Å². The van der Waals surface area contributed by atoms with Crippen LogP contribution in [0.5, 0.6) is 5.75 Å². The van der Waals surface area contributed by atoms with E-state index in [1.165, 1.54) is 7.11 Å². The Morgan fingerprint density at radius 2 is 1.74 bits per heavy atom. The number of hydrogen-bond donors (Lipinski definition) is 2. The van der Waals surface area contributed by atoms with Crippen LogP contribution in [0.4, 0.5) is 14.5 Å². The van der Waals surface area contributed by atoms with Gasteiger partial charge in [0, 0.05) is 11.3 Å². The van der Waals surface area contributed by atoms with E-state index in [1.807, 2.05) is 0 Å². The molecule has 0 heterocycles. The number of benzene rings is 2. The summed E-state index contributed by atoms with van der Waals surface area (Å²) < 4.78 is 30.8. The van der Waals surface area contributed by atoms with Gasteiger partial charge in [0.2, 0.25) is 5.91 Å². The topological polar surface area (TPSA) is 67.4 Å². The van der Waals surface area contributed by atoms with E-state index in [0.717, 1.165) is 18.2 Å². The van der Waals surface area contributed by atoms with Gasteiger partial charge in [-0.1, -0.05) is 0 Å². The van der Waals surface area contributed by atoms with Crippen molar-refractivity contribution in [3.63, 3.8) is 0 Å². The van der Waals surface area contributed by atoms with Crippen LogP contribution in [0.25, 0.3) is 0 Å². The average molecular weight is 320 g/mol. The second-order valence-electron chi connectivity index (χ2n) is 4.59. The molecule has 0 aromatic heterocycles. The second kappa shape index (κ2) is 7.35. The first-order valence-corrected chi connectivity index (χ1v) is 6.67. The molecular weight excluding hydrogens is 306 g/mol. The highest BCUT2D eigenvalue weighted by Gasteiger charge is 2.11. The maximum atomic E-state index is 13.0. The number of ether oxygens (including phenoxy) is 1. The number of carbonyl (C=O) groups excluding carboxylic acids is 2. The predicted molar refractivity (Wildman–Crippen MR) is 80.3 cm³/mol. The minimum absolute atomic E-state index is 0.0684. The highest BCUT2D eigenvalue weighted by molar-refractivity contribution is 5.99. The average Bonchev–Trinajstić information content (AvgIpc) is 2.56. The Hall–Kier alpha value is -2.96. The molecule has 120 valence electrons. The van der Waals surface area contributed by atoms with Gasteiger partial charge in [-0.05, 0) is 42.5 Å². The molecule has 2 N–H and O–H groups in total. The molecule has 5 nitrogen and oxygen atoms in total. The summed E-state index contributed by atoms with van der Waals surface area (Å²) >= 11 is 0. The summed E-state index contributed by atoms with van der Waals surface area (Å²) in [4.78, 5) is 23.5. The molecule has 0 aliphatic heterocycles. The molecule has 0 aliphatic carbocycles. The van der Waals surface area contributed by atoms with Crippen molar-refractivity contribution in [3.8, 4) is 5.75 Å². The number of rotatable bonds is 5. The number of hydrogen-bond acceptors (Lipinski definition) is 3. The first kappa shape index (κ1) is 16.4. The van der Waals surface area contributed by atoms with Crippen LogP contribution < -0.4 is 15.4 Å². The van der Waals surface area contributed by atoms with E-state index in [2.05, 4.69) is 10.6 Å². The summed E-state index contributed by atoms with van der Waals surface area (Å²) in [6, 6.07) is 9.40. The quantitative estimate of drug-likeness (QED) is 0.888. The van der Waals surface area contributed by atoms with Crippen LogP contribution in [0, 0.1) is 11.6 Å². The Morgan fingerprint density at radius 1 is 1.04 bits per heavy atom. The first-order chi connectivity index (χ1) is 11.0. The monoisotopic (exact) mass is 320 g/mol. The highest BCUT2D eigenvalue weighted by atomic mass is 19.2. The molecule has 2 amide bonds. The fourth-order valence-electron chi connectivity index (χ4n) is 1.78. The van der Waals surface area contributed by atoms with Crippen molar-refractivity contribution in [2.75, 3.05) is 19.0 Å². The number of carbonyl (C=O) groups is 2. The summed E-state index contributed by atoms with van der Waals surface area (Å²) in [6.45, 7) is -0.302. The van der Waals surface area contributed by atoms with Gasteiger partial charge in [-0.3, -0.25) is 9.59 Å². The van der Waals surface area contributed by atoms with Crippen LogP contribution in [0.15, 0.2) is 42.5 Å². The SMILES string of the molecule is COc1ccc(NC(=O)CNC(=O)c2ccc(F)c(F)c2)cc1. The van der Waals surface area contributed by atoms with Crippen molar-refractivity contribution >= 4 is 17.5 Å². The number of anilines is 1. The molecule has 0 bridgehead atoms. The summed E-state index contributed by atoms with van der Waals surface area (Å²) in [5.74, 6) is -2.64. The van der Waals surface area contributed by atoms with Crippen LogP contribution in [-0.4, -0.2) is 25.5 Å². The van der Waals surface area contributed by atoms with Crippen LogP contribution in [0.3, 0.4) is 0 Å². The molecule has 23 heavy (non-hydrogen) atoms. The number of nitrogens with one attached hydrogen (secondary N) is 2. The lowest BCUT2D eigenvalue weighted by molar-refractivity contribution is -0.115. The fourth-order valence-corrected chi connectivity index (χ4v) is 1.78. The summed E-state index contributed by atoms with van der Waals surface area (Å²) in [7, 11) is 1.53. The Labute approximate surface area is 131 Å². The van der Waals surface area contributed by atoms with E-state index < -0.39 is 23.4 Å². The molecule has 0 atom stereocenters. The lowest BCUT2D eigenvalue weighted by atomic mass is 10.2. The van der Waals surface area contributed by atoms with Gasteiger partial charge in [0.05, 0.1) is 13.7 Å². The zero-order valence-electron chi connectivity index (χ0n) is 12.2. The van der Waals surface area contributed by atoms with E-state index in [4.69, 9.17) is 4.74 Å². The Kier molecular flexibility index (Phi) is 5.24. The third kappa shape index (κ3) is 4.50. The zero-order valence-corrected chi connectivity index (χ0v) is 12.2. The van der Waals surface area contributed by atoms with E-state index in [-0.39, 0.29) is 12.1 Å². The van der Waals surface area contributed by atoms with Crippen LogP contribution >= 0.6 is 0 Å². The molecule has 7 heteroatoms. The molecular formula is C16H14F2N2O3. The number of halogens is 2. The Balaban J connectivity index is 1.87. The van der Waals surface area contributed by atoms with Gasteiger partial charge in [-0.2, -0.15) is 0 Å². The normalized spacial score (nSPS) is 10.0. The third-order valence-corrected chi connectivity index (χ3v) is 2.97. The molecule has 0 radical (unpaired) electrons. The van der Waals surface area contributed by atoms with Gasteiger partial charge in [0.1, 0.15) is 5.75 Å². The molecule has 0 saturated carbocycles. The van der Waals surface area contributed by atoms with E-state index >= 15 is 0 Å². The summed E-state index contributed by atoms with van der Waals surface area (Å²) in [5, 5.41) is 4.90. The van der Waals surface area contributed by atoms with Crippen molar-refractivity contribution in [1.29, 1.82) is 0 Å². The van der Waals surface area contributed by atoms with Crippen molar-refractivity contribution in [2.24, 2.45) is 0 Å². The minimum atomic E-state index is -1.12. The number of amides is 2. The summed E-state index contributed by atoms with van der Waals surface area (Å²) in [5.41, 5.74) is 0.471. The molecule has 0 unspecified atom stereocenters. The lowest BCUT2D eigenvalue weighted by Crippen LogP contribution is -2.32. The largest absolute Gasteiger partial charge is 0.497 e. The maximum absolute atomic E-state index is 13.0. The Bertz CT molecular complexity index is 718. The van der Waals surface area contributed by atoms with E-state index in [0.29, 0.717) is 11.4 Å². The molecule has 0 saturated heterocycles. The Morgan fingerprint density at radius 3 is 2.35 bits per heavy atom. The molecule has 0 spiro atoms. The van der Waals surface area contributed by atoms with Gasteiger partial charge >= 0.3 is 0 Å². The molecule has 2 aromatic rings. The van der Waals surface area contributed by atoms with Crippen molar-refractivity contribution in [1.82, 2.24) is 5.32 Å². The second-order valence-corrected chi connectivity index (χ2v) is 4.59. The van der Waals surface area contributed by atoms with Crippen LogP contribution in [-0.2, 0) is 4.79 Å². The predicted octanol–water partition coefficient (Wildman–Crippen LogP) is 2.34. The standard InChI is InChI=1S/C16H14F2N2O3/c1-23-12-5-3-11(4-6-12)20-15(21)9-19-16(22)10-2-7-13(17)14(18)8-10/h2-8H,9H2,1H3,(H,19,22)(H,20,21). The molecule has 0 aliphatic rings. The molecule has 2 rings (SSSR count). The van der Waals surface area contributed by atoms with Gasteiger partial charge in [0.15, 0.2) is 11.6 Å². The van der Waals surface area contributed by atoms with Crippen LogP contribution in [0.2, 0.25) is 0 Å². The first-order valence-electron chi connectivity index (χ1n) is 6.67. The van der Waals surface area contributed by atoms with Gasteiger partial charge in [-0.25, -0.2) is 8.78 Å². The number of methoxy groups -OCH3 is 1. The van der Waals surface area contributed by atoms with Gasteiger partial charge < -0.3 is 15.4 Å². The minimum Gasteiger partial charge on any atom is -0.497 e. The van der Waals surface area contributed by atoms with E-state index in [9.17, 15) is 18.4 Å². The zero-order chi connectivity index (χ0) is 16.8. The van der Waals surface area contributed by atoms with E-state index in [1.54, 1.807) is 24.3 Å². The third-order valence-electron chi connectivity index (χ3n) is 2.97. The molecule has 0 fully saturated rings.